The summed E-state index contributed by atoms with van der Waals surface area (Å²) in [5.41, 5.74) is -0.337. The highest BCUT2D eigenvalue weighted by Gasteiger charge is 2.67. The maximum atomic E-state index is 12.8. The summed E-state index contributed by atoms with van der Waals surface area (Å²) in [7, 11) is 0. The fraction of sp³-hybridized carbons (Fsp3) is 0.375. The maximum absolute atomic E-state index is 12.8. The molecular formula is C16H15NO3. The predicted octanol–water partition coefficient (Wildman–Crippen LogP) is 2.09. The van der Waals surface area contributed by atoms with Crippen molar-refractivity contribution in [3.8, 4) is 5.75 Å². The summed E-state index contributed by atoms with van der Waals surface area (Å²) in [4.78, 5) is 26.7. The molecule has 1 aromatic carbocycles. The van der Waals surface area contributed by atoms with Gasteiger partial charge >= 0.3 is 0 Å². The van der Waals surface area contributed by atoms with Gasteiger partial charge in [0.1, 0.15) is 5.75 Å². The van der Waals surface area contributed by atoms with Crippen molar-refractivity contribution in [2.75, 3.05) is 4.90 Å². The number of allylic oxidation sites excluding steroid dienone is 2. The van der Waals surface area contributed by atoms with Gasteiger partial charge < -0.3 is 5.11 Å². The van der Waals surface area contributed by atoms with Crippen molar-refractivity contribution >= 4 is 17.5 Å². The summed E-state index contributed by atoms with van der Waals surface area (Å²) in [5, 5.41) is 9.94. The molecule has 2 fully saturated rings. The zero-order valence-electron chi connectivity index (χ0n) is 11.1. The van der Waals surface area contributed by atoms with Crippen LogP contribution in [0.2, 0.25) is 0 Å². The third-order valence-corrected chi connectivity index (χ3v) is 5.23. The zero-order chi connectivity index (χ0) is 14.1. The number of aromatic hydroxyl groups is 1. The number of fused-ring (bicyclic) bond motifs is 5. The maximum Gasteiger partial charge on any atom is 0.241 e. The van der Waals surface area contributed by atoms with Crippen molar-refractivity contribution in [2.45, 2.75) is 13.3 Å². The van der Waals surface area contributed by atoms with Gasteiger partial charge in [0.25, 0.3) is 0 Å². The van der Waals surface area contributed by atoms with Crippen molar-refractivity contribution < 1.29 is 14.7 Å². The Labute approximate surface area is 116 Å². The van der Waals surface area contributed by atoms with Gasteiger partial charge in [0.05, 0.1) is 17.0 Å². The van der Waals surface area contributed by atoms with E-state index < -0.39 is 5.41 Å². The van der Waals surface area contributed by atoms with Crippen LogP contribution in [-0.2, 0) is 9.59 Å². The Morgan fingerprint density at radius 2 is 2.00 bits per heavy atom. The number of para-hydroxylation sites is 2. The topological polar surface area (TPSA) is 57.6 Å². The number of carbonyl (C=O) groups is 2. The van der Waals surface area contributed by atoms with Crippen LogP contribution in [0, 0.1) is 23.2 Å². The molecule has 0 spiro atoms. The van der Waals surface area contributed by atoms with Gasteiger partial charge in [-0.15, -0.1) is 0 Å². The normalized spacial score (nSPS) is 37.9. The molecular weight excluding hydrogens is 254 g/mol. The Bertz CT molecular complexity index is 665. The van der Waals surface area contributed by atoms with Gasteiger partial charge in [-0.1, -0.05) is 24.3 Å². The summed E-state index contributed by atoms with van der Waals surface area (Å²) < 4.78 is 0. The lowest BCUT2D eigenvalue weighted by molar-refractivity contribution is -0.127. The second kappa shape index (κ2) is 3.51. The van der Waals surface area contributed by atoms with Gasteiger partial charge in [-0.05, 0) is 37.3 Å². The lowest BCUT2D eigenvalue weighted by Crippen LogP contribution is -2.37. The fourth-order valence-corrected chi connectivity index (χ4v) is 4.19. The van der Waals surface area contributed by atoms with Crippen LogP contribution in [0.25, 0.3) is 0 Å². The molecule has 1 aromatic rings. The zero-order valence-corrected chi connectivity index (χ0v) is 11.1. The summed E-state index contributed by atoms with van der Waals surface area (Å²) >= 11 is 0. The summed E-state index contributed by atoms with van der Waals surface area (Å²) in [5.74, 6) is -0.341. The largest absolute Gasteiger partial charge is 0.506 e. The molecule has 1 aliphatic heterocycles. The standard InChI is InChI=1S/C16H15NO3/c1-16-10-7-6-9(8-10)13(16)14(19)17(15(16)20)11-4-2-3-5-12(11)18/h2-7,9-10,13,18H,8H2,1H3/t9-,10-,13+,16+/m1/s1. The third kappa shape index (κ3) is 1.13. The molecule has 2 bridgehead atoms. The molecule has 102 valence electrons. The first-order chi connectivity index (χ1) is 9.55. The molecule has 0 aromatic heterocycles. The quantitative estimate of drug-likeness (QED) is 0.627. The minimum Gasteiger partial charge on any atom is -0.506 e. The number of nitrogens with zero attached hydrogens (tertiary/aromatic N) is 1. The van der Waals surface area contributed by atoms with E-state index in [4.69, 9.17) is 0 Å². The molecule has 2 amide bonds. The number of benzene rings is 1. The van der Waals surface area contributed by atoms with Crippen LogP contribution in [0.15, 0.2) is 36.4 Å². The molecule has 20 heavy (non-hydrogen) atoms. The second-order valence-electron chi connectivity index (χ2n) is 6.12. The highest BCUT2D eigenvalue weighted by atomic mass is 16.3. The van der Waals surface area contributed by atoms with Crippen molar-refractivity contribution in [1.82, 2.24) is 0 Å². The van der Waals surface area contributed by atoms with Crippen LogP contribution in [0.4, 0.5) is 5.69 Å². The molecule has 1 saturated carbocycles. The molecule has 4 nitrogen and oxygen atoms in total. The van der Waals surface area contributed by atoms with Gasteiger partial charge in [-0.2, -0.15) is 0 Å². The Morgan fingerprint density at radius 1 is 1.25 bits per heavy atom. The predicted molar refractivity (Wildman–Crippen MR) is 72.9 cm³/mol. The van der Waals surface area contributed by atoms with Gasteiger partial charge in [0, 0.05) is 0 Å². The molecule has 1 N–H and O–H groups in total. The Kier molecular flexibility index (Phi) is 2.05. The van der Waals surface area contributed by atoms with E-state index in [0.29, 0.717) is 5.69 Å². The molecule has 3 aliphatic rings. The SMILES string of the molecule is C[C@@]12C(=O)N(c3ccccc3O)C(=O)[C@@H]1[C@@H]1C=C[C@@H]2C1. The van der Waals surface area contributed by atoms with E-state index in [1.54, 1.807) is 18.2 Å². The average Bonchev–Trinajstić information content (AvgIpc) is 3.05. The highest BCUT2D eigenvalue weighted by Crippen LogP contribution is 2.61. The van der Waals surface area contributed by atoms with Crippen LogP contribution in [0.5, 0.6) is 5.75 Å². The lowest BCUT2D eigenvalue weighted by atomic mass is 9.71. The molecule has 4 atom stereocenters. The number of carbonyl (C=O) groups excluding carboxylic acids is 2. The van der Waals surface area contributed by atoms with E-state index in [9.17, 15) is 14.7 Å². The first kappa shape index (κ1) is 11.7. The van der Waals surface area contributed by atoms with Crippen molar-refractivity contribution in [2.24, 2.45) is 23.2 Å². The van der Waals surface area contributed by atoms with Crippen LogP contribution < -0.4 is 4.90 Å². The van der Waals surface area contributed by atoms with E-state index in [1.807, 2.05) is 6.92 Å². The van der Waals surface area contributed by atoms with Gasteiger partial charge in [-0.25, -0.2) is 4.90 Å². The van der Waals surface area contributed by atoms with Crippen LogP contribution in [0.3, 0.4) is 0 Å². The Hall–Kier alpha value is -2.10. The van der Waals surface area contributed by atoms with Gasteiger partial charge in [0.2, 0.25) is 11.8 Å². The minimum absolute atomic E-state index is 0.0296. The van der Waals surface area contributed by atoms with E-state index in [2.05, 4.69) is 12.2 Å². The average molecular weight is 269 g/mol. The smallest absolute Gasteiger partial charge is 0.241 e. The molecule has 0 radical (unpaired) electrons. The number of hydrogen-bond acceptors (Lipinski definition) is 3. The summed E-state index contributed by atoms with van der Waals surface area (Å²) in [6, 6.07) is 6.51. The van der Waals surface area contributed by atoms with Crippen molar-refractivity contribution in [3.05, 3.63) is 36.4 Å². The van der Waals surface area contributed by atoms with Crippen LogP contribution in [-0.4, -0.2) is 16.9 Å². The molecule has 4 heteroatoms. The van der Waals surface area contributed by atoms with E-state index >= 15 is 0 Å². The number of hydrogen-bond donors (Lipinski definition) is 1. The molecule has 1 heterocycles. The number of imide groups is 1. The van der Waals surface area contributed by atoms with E-state index in [-0.39, 0.29) is 35.3 Å². The molecule has 2 aliphatic carbocycles. The summed E-state index contributed by atoms with van der Waals surface area (Å²) in [6.45, 7) is 1.89. The molecule has 1 saturated heterocycles. The van der Waals surface area contributed by atoms with E-state index in [0.717, 1.165) is 6.42 Å². The van der Waals surface area contributed by atoms with Gasteiger partial charge in [0.15, 0.2) is 0 Å². The third-order valence-electron chi connectivity index (χ3n) is 5.23. The highest BCUT2D eigenvalue weighted by molar-refractivity contribution is 6.25. The number of anilines is 1. The monoisotopic (exact) mass is 269 g/mol. The molecule has 0 unspecified atom stereocenters. The van der Waals surface area contributed by atoms with Crippen LogP contribution in [0.1, 0.15) is 13.3 Å². The Balaban J connectivity index is 1.85. The number of phenols is 1. The van der Waals surface area contributed by atoms with Crippen LogP contribution >= 0.6 is 0 Å². The Morgan fingerprint density at radius 3 is 2.70 bits per heavy atom. The molecule has 4 rings (SSSR count). The van der Waals surface area contributed by atoms with Crippen molar-refractivity contribution in [3.63, 3.8) is 0 Å². The minimum atomic E-state index is -0.640. The first-order valence-corrected chi connectivity index (χ1v) is 6.90. The lowest BCUT2D eigenvalue weighted by Gasteiger charge is -2.28. The number of amides is 2. The second-order valence-corrected chi connectivity index (χ2v) is 6.12. The number of phenolic OH excluding ortho intramolecular Hbond substituents is 1. The fourth-order valence-electron chi connectivity index (χ4n) is 4.19. The van der Waals surface area contributed by atoms with E-state index in [1.165, 1.54) is 11.0 Å². The first-order valence-electron chi connectivity index (χ1n) is 6.90. The van der Waals surface area contributed by atoms with Crippen molar-refractivity contribution in [1.29, 1.82) is 0 Å². The number of rotatable bonds is 1. The van der Waals surface area contributed by atoms with Gasteiger partial charge in [-0.3, -0.25) is 9.59 Å². The summed E-state index contributed by atoms with van der Waals surface area (Å²) in [6.07, 6.45) is 5.03.